The van der Waals surface area contributed by atoms with Gasteiger partial charge in [0.15, 0.2) is 5.65 Å². The van der Waals surface area contributed by atoms with Crippen molar-refractivity contribution < 1.29 is 4.79 Å². The quantitative estimate of drug-likeness (QED) is 0.216. The fourth-order valence-electron chi connectivity index (χ4n) is 4.43. The van der Waals surface area contributed by atoms with Crippen LogP contribution in [0.5, 0.6) is 0 Å². The zero-order chi connectivity index (χ0) is 26.5. The van der Waals surface area contributed by atoms with Crippen LogP contribution in [0.4, 0.5) is 17.1 Å². The minimum absolute atomic E-state index is 0.0124. The molecule has 0 bridgehead atoms. The molecule has 0 aliphatic heterocycles. The molecule has 5 nitrogen and oxygen atoms in total. The second kappa shape index (κ2) is 11.5. The Labute approximate surface area is 227 Å². The first kappa shape index (κ1) is 25.5. The van der Waals surface area contributed by atoms with Gasteiger partial charge >= 0.3 is 0 Å². The van der Waals surface area contributed by atoms with Crippen LogP contribution >= 0.6 is 11.8 Å². The van der Waals surface area contributed by atoms with Crippen LogP contribution in [-0.4, -0.2) is 15.9 Å². The fraction of sp³-hybridized carbons (Fsp3) is 0.156. The molecule has 5 aromatic rings. The highest BCUT2D eigenvalue weighted by Gasteiger charge is 2.18. The van der Waals surface area contributed by atoms with Crippen molar-refractivity contribution in [3.8, 4) is 0 Å². The zero-order valence-corrected chi connectivity index (χ0v) is 22.5. The molecule has 1 amide bonds. The lowest BCUT2D eigenvalue weighted by molar-refractivity contribution is -0.117. The van der Waals surface area contributed by atoms with Crippen molar-refractivity contribution in [2.45, 2.75) is 42.9 Å². The molecule has 0 aliphatic carbocycles. The SMILES string of the molecule is CCC(C(=O)Nc1ccc(Sc2ccc(C)cc2Nc2ccnc3nc(C)ccc23)cc1)c1ccccc1. The molecule has 0 radical (unpaired) electrons. The van der Waals surface area contributed by atoms with Crippen molar-refractivity contribution >= 4 is 45.8 Å². The monoisotopic (exact) mass is 518 g/mol. The fourth-order valence-corrected chi connectivity index (χ4v) is 5.31. The Balaban J connectivity index is 1.33. The van der Waals surface area contributed by atoms with Crippen molar-refractivity contribution in [1.29, 1.82) is 0 Å². The zero-order valence-electron chi connectivity index (χ0n) is 21.7. The normalized spacial score (nSPS) is 11.8. The third-order valence-electron chi connectivity index (χ3n) is 6.42. The van der Waals surface area contributed by atoms with Crippen LogP contribution in [0.25, 0.3) is 11.0 Å². The lowest BCUT2D eigenvalue weighted by Crippen LogP contribution is -2.20. The van der Waals surface area contributed by atoms with Gasteiger partial charge in [0.1, 0.15) is 0 Å². The largest absolute Gasteiger partial charge is 0.354 e. The van der Waals surface area contributed by atoms with Crippen molar-refractivity contribution in [2.24, 2.45) is 0 Å². The number of carbonyl (C=O) groups is 1. The van der Waals surface area contributed by atoms with Crippen molar-refractivity contribution in [3.05, 3.63) is 114 Å². The number of rotatable bonds is 8. The molecule has 190 valence electrons. The predicted molar refractivity (Wildman–Crippen MR) is 157 cm³/mol. The summed E-state index contributed by atoms with van der Waals surface area (Å²) in [5.41, 5.74) is 6.66. The molecule has 1 atom stereocenters. The molecule has 6 heteroatoms. The van der Waals surface area contributed by atoms with Gasteiger partial charge < -0.3 is 10.6 Å². The van der Waals surface area contributed by atoms with Gasteiger partial charge in [0.25, 0.3) is 0 Å². The van der Waals surface area contributed by atoms with Crippen LogP contribution in [0.2, 0.25) is 0 Å². The van der Waals surface area contributed by atoms with Crippen LogP contribution in [0.1, 0.15) is 36.1 Å². The molecular weight excluding hydrogens is 488 g/mol. The van der Waals surface area contributed by atoms with E-state index < -0.39 is 0 Å². The predicted octanol–water partition coefficient (Wildman–Crippen LogP) is 8.27. The van der Waals surface area contributed by atoms with E-state index in [9.17, 15) is 4.79 Å². The van der Waals surface area contributed by atoms with E-state index in [0.29, 0.717) is 0 Å². The summed E-state index contributed by atoms with van der Waals surface area (Å²) in [5.74, 6) is -0.159. The summed E-state index contributed by atoms with van der Waals surface area (Å²) in [6, 6.07) is 30.4. The molecule has 5 rings (SSSR count). The number of amides is 1. The molecule has 0 saturated heterocycles. The maximum absolute atomic E-state index is 12.9. The van der Waals surface area contributed by atoms with Crippen LogP contribution in [-0.2, 0) is 4.79 Å². The first-order valence-corrected chi connectivity index (χ1v) is 13.6. The Bertz CT molecular complexity index is 1570. The summed E-state index contributed by atoms with van der Waals surface area (Å²) in [6.07, 6.45) is 2.53. The molecule has 0 aliphatic rings. The topological polar surface area (TPSA) is 66.9 Å². The van der Waals surface area contributed by atoms with Gasteiger partial charge in [0.05, 0.1) is 17.3 Å². The van der Waals surface area contributed by atoms with Gasteiger partial charge in [-0.15, -0.1) is 0 Å². The summed E-state index contributed by atoms with van der Waals surface area (Å²) in [7, 11) is 0. The lowest BCUT2D eigenvalue weighted by atomic mass is 9.95. The van der Waals surface area contributed by atoms with E-state index in [2.05, 4.69) is 51.8 Å². The minimum atomic E-state index is -0.171. The summed E-state index contributed by atoms with van der Waals surface area (Å²) >= 11 is 1.68. The third kappa shape index (κ3) is 5.87. The van der Waals surface area contributed by atoms with Crippen molar-refractivity contribution in [3.63, 3.8) is 0 Å². The van der Waals surface area contributed by atoms with Gasteiger partial charge in [0, 0.05) is 32.8 Å². The second-order valence-corrected chi connectivity index (χ2v) is 10.4. The van der Waals surface area contributed by atoms with Gasteiger partial charge in [-0.1, -0.05) is 55.1 Å². The maximum atomic E-state index is 12.9. The third-order valence-corrected chi connectivity index (χ3v) is 7.51. The number of nitrogens with zero attached hydrogens (tertiary/aromatic N) is 2. The van der Waals surface area contributed by atoms with Crippen LogP contribution in [0, 0.1) is 13.8 Å². The number of anilines is 3. The first-order valence-electron chi connectivity index (χ1n) is 12.7. The molecule has 1 unspecified atom stereocenters. The molecule has 38 heavy (non-hydrogen) atoms. The van der Waals surface area contributed by atoms with Gasteiger partial charge in [-0.25, -0.2) is 9.97 Å². The van der Waals surface area contributed by atoms with Crippen LogP contribution in [0.3, 0.4) is 0 Å². The number of aryl methyl sites for hydroxylation is 2. The van der Waals surface area contributed by atoms with E-state index in [1.807, 2.05) is 80.6 Å². The van der Waals surface area contributed by atoms with E-state index >= 15 is 0 Å². The number of nitrogens with one attached hydrogen (secondary N) is 2. The first-order chi connectivity index (χ1) is 18.5. The van der Waals surface area contributed by atoms with Crippen LogP contribution in [0.15, 0.2) is 107 Å². The Hall–Kier alpha value is -4.16. The van der Waals surface area contributed by atoms with Gasteiger partial charge in [-0.2, -0.15) is 0 Å². The Kier molecular flexibility index (Phi) is 7.70. The van der Waals surface area contributed by atoms with E-state index in [1.165, 1.54) is 5.56 Å². The van der Waals surface area contributed by atoms with E-state index in [1.54, 1.807) is 18.0 Å². The summed E-state index contributed by atoms with van der Waals surface area (Å²) in [6.45, 7) is 6.10. The van der Waals surface area contributed by atoms with E-state index in [0.717, 1.165) is 55.6 Å². The van der Waals surface area contributed by atoms with Gasteiger partial charge in [0.2, 0.25) is 5.91 Å². The number of pyridine rings is 2. The number of carbonyl (C=O) groups excluding carboxylic acids is 1. The number of hydrogen-bond donors (Lipinski definition) is 2. The minimum Gasteiger partial charge on any atom is -0.354 e. The van der Waals surface area contributed by atoms with Crippen molar-refractivity contribution in [1.82, 2.24) is 9.97 Å². The average Bonchev–Trinajstić information content (AvgIpc) is 2.92. The Morgan fingerprint density at radius 1 is 0.895 bits per heavy atom. The maximum Gasteiger partial charge on any atom is 0.231 e. The summed E-state index contributed by atoms with van der Waals surface area (Å²) in [5, 5.41) is 7.68. The number of aromatic nitrogens is 2. The van der Waals surface area contributed by atoms with E-state index in [4.69, 9.17) is 0 Å². The Morgan fingerprint density at radius 3 is 2.45 bits per heavy atom. The van der Waals surface area contributed by atoms with Crippen LogP contribution < -0.4 is 10.6 Å². The molecule has 2 aromatic heterocycles. The highest BCUT2D eigenvalue weighted by molar-refractivity contribution is 7.99. The van der Waals surface area contributed by atoms with Gasteiger partial charge in [-0.05, 0) is 86.0 Å². The number of hydrogen-bond acceptors (Lipinski definition) is 5. The smallest absolute Gasteiger partial charge is 0.231 e. The summed E-state index contributed by atoms with van der Waals surface area (Å²) in [4.78, 5) is 24.1. The molecular formula is C32H30N4OS. The average molecular weight is 519 g/mol. The number of benzene rings is 3. The lowest BCUT2D eigenvalue weighted by Gasteiger charge is -2.16. The second-order valence-electron chi connectivity index (χ2n) is 9.29. The summed E-state index contributed by atoms with van der Waals surface area (Å²) < 4.78 is 0. The highest BCUT2D eigenvalue weighted by Crippen LogP contribution is 2.37. The highest BCUT2D eigenvalue weighted by atomic mass is 32.2. The molecule has 2 N–H and O–H groups in total. The molecule has 0 saturated carbocycles. The Morgan fingerprint density at radius 2 is 1.68 bits per heavy atom. The standard InChI is InChI=1S/C32H30N4OS/c1-4-26(23-8-6-5-7-9-23)32(37)35-24-12-14-25(15-13-24)38-30-17-10-21(2)20-29(30)36-28-18-19-33-31-27(28)16-11-22(3)34-31/h5-20,26H,4H2,1-3H3,(H,35,37)(H,33,34,36). The molecule has 0 fully saturated rings. The molecule has 0 spiro atoms. The van der Waals surface area contributed by atoms with Gasteiger partial charge in [-0.3, -0.25) is 4.79 Å². The number of fused-ring (bicyclic) bond motifs is 1. The molecule has 3 aromatic carbocycles. The van der Waals surface area contributed by atoms with E-state index in [-0.39, 0.29) is 11.8 Å². The van der Waals surface area contributed by atoms with Crippen molar-refractivity contribution in [2.75, 3.05) is 10.6 Å². The molecule has 2 heterocycles.